The molecule has 0 saturated heterocycles. The number of hydrogen-bond donors (Lipinski definition) is 3. The summed E-state index contributed by atoms with van der Waals surface area (Å²) >= 11 is 5.89. The first kappa shape index (κ1) is 14.9. The van der Waals surface area contributed by atoms with Gasteiger partial charge in [-0.3, -0.25) is 4.79 Å². The normalized spacial score (nSPS) is 22.3. The van der Waals surface area contributed by atoms with Gasteiger partial charge in [0, 0.05) is 11.6 Å². The molecular formula is C15H16ClN3O3. The second-order valence-corrected chi connectivity index (χ2v) is 5.95. The predicted molar refractivity (Wildman–Crippen MR) is 81.1 cm³/mol. The van der Waals surface area contributed by atoms with Crippen LogP contribution in [0.2, 0.25) is 5.02 Å². The van der Waals surface area contributed by atoms with E-state index >= 15 is 0 Å². The van der Waals surface area contributed by atoms with Gasteiger partial charge in [0.05, 0.1) is 30.0 Å². The molecule has 6 nitrogen and oxygen atoms in total. The first-order valence-electron chi connectivity index (χ1n) is 6.99. The maximum absolute atomic E-state index is 12.6. The van der Waals surface area contributed by atoms with Gasteiger partial charge in [-0.25, -0.2) is 4.79 Å². The molecule has 2 aliphatic rings. The number of β-amino-alcohol motifs (C(OH)–C–C–N with tert-alkyl or cyclic N) is 1. The summed E-state index contributed by atoms with van der Waals surface area (Å²) in [4.78, 5) is 25.9. The van der Waals surface area contributed by atoms with Gasteiger partial charge in [0.25, 0.3) is 5.91 Å². The molecule has 3 N–H and O–H groups in total. The Hall–Kier alpha value is -2.05. The van der Waals surface area contributed by atoms with E-state index in [9.17, 15) is 14.7 Å². The SMILES string of the molecule is C[C@@H](O)CN1CC2=C(C1=O)[C@@H](c1ccc(Cl)cc1)NC(=O)N2. The third-order valence-corrected chi connectivity index (χ3v) is 3.96. The molecule has 116 valence electrons. The minimum Gasteiger partial charge on any atom is -0.392 e. The van der Waals surface area contributed by atoms with Gasteiger partial charge >= 0.3 is 6.03 Å². The molecule has 3 rings (SSSR count). The highest BCUT2D eigenvalue weighted by Crippen LogP contribution is 2.32. The van der Waals surface area contributed by atoms with Crippen LogP contribution in [-0.2, 0) is 4.79 Å². The van der Waals surface area contributed by atoms with Crippen LogP contribution in [0.15, 0.2) is 35.5 Å². The lowest BCUT2D eigenvalue weighted by Gasteiger charge is -2.25. The van der Waals surface area contributed by atoms with Crippen LogP contribution < -0.4 is 10.6 Å². The summed E-state index contributed by atoms with van der Waals surface area (Å²) in [6, 6.07) is 6.16. The molecule has 1 aromatic rings. The molecule has 2 atom stereocenters. The van der Waals surface area contributed by atoms with Crippen molar-refractivity contribution >= 4 is 23.5 Å². The fourth-order valence-electron chi connectivity index (χ4n) is 2.80. The fourth-order valence-corrected chi connectivity index (χ4v) is 2.93. The van der Waals surface area contributed by atoms with Gasteiger partial charge in [-0.15, -0.1) is 0 Å². The van der Waals surface area contributed by atoms with E-state index < -0.39 is 12.1 Å². The minimum atomic E-state index is -0.622. The summed E-state index contributed by atoms with van der Waals surface area (Å²) in [6.07, 6.45) is -0.622. The number of carbonyl (C=O) groups is 2. The third-order valence-electron chi connectivity index (χ3n) is 3.71. The van der Waals surface area contributed by atoms with E-state index in [1.807, 2.05) is 0 Å². The standard InChI is InChI=1S/C15H16ClN3O3/c1-8(20)6-19-7-11-12(14(19)21)13(18-15(22)17-11)9-2-4-10(16)5-3-9/h2-5,8,13,20H,6-7H2,1H3,(H2,17,18,22)/t8-,13-/m1/s1. The Morgan fingerprint density at radius 3 is 2.68 bits per heavy atom. The minimum absolute atomic E-state index is 0.177. The summed E-state index contributed by atoms with van der Waals surface area (Å²) in [5.41, 5.74) is 1.90. The lowest BCUT2D eigenvalue weighted by Crippen LogP contribution is -2.44. The first-order valence-corrected chi connectivity index (χ1v) is 7.37. The Morgan fingerprint density at radius 1 is 1.36 bits per heavy atom. The van der Waals surface area contributed by atoms with E-state index in [4.69, 9.17) is 11.6 Å². The predicted octanol–water partition coefficient (Wildman–Crippen LogP) is 1.17. The van der Waals surface area contributed by atoms with E-state index in [2.05, 4.69) is 10.6 Å². The van der Waals surface area contributed by atoms with Crippen LogP contribution in [0.25, 0.3) is 0 Å². The summed E-state index contributed by atoms with van der Waals surface area (Å²) in [7, 11) is 0. The molecule has 22 heavy (non-hydrogen) atoms. The number of amides is 3. The highest BCUT2D eigenvalue weighted by atomic mass is 35.5. The number of urea groups is 1. The molecule has 0 fully saturated rings. The number of nitrogens with one attached hydrogen (secondary N) is 2. The maximum atomic E-state index is 12.6. The Balaban J connectivity index is 1.94. The molecule has 3 amide bonds. The van der Waals surface area contributed by atoms with Crippen LogP contribution in [0.5, 0.6) is 0 Å². The van der Waals surface area contributed by atoms with Crippen molar-refractivity contribution in [2.75, 3.05) is 13.1 Å². The number of hydrogen-bond acceptors (Lipinski definition) is 3. The van der Waals surface area contributed by atoms with Crippen LogP contribution in [0.3, 0.4) is 0 Å². The van der Waals surface area contributed by atoms with E-state index in [0.717, 1.165) is 5.56 Å². The lowest BCUT2D eigenvalue weighted by atomic mass is 9.96. The lowest BCUT2D eigenvalue weighted by molar-refractivity contribution is -0.126. The van der Waals surface area contributed by atoms with Gasteiger partial charge in [0.2, 0.25) is 0 Å². The number of aliphatic hydroxyl groups is 1. The second-order valence-electron chi connectivity index (χ2n) is 5.51. The van der Waals surface area contributed by atoms with E-state index in [0.29, 0.717) is 22.8 Å². The largest absolute Gasteiger partial charge is 0.392 e. The number of rotatable bonds is 3. The van der Waals surface area contributed by atoms with Gasteiger partial charge in [-0.2, -0.15) is 0 Å². The highest BCUT2D eigenvalue weighted by molar-refractivity contribution is 6.30. The number of halogens is 1. The van der Waals surface area contributed by atoms with Gasteiger partial charge in [-0.1, -0.05) is 23.7 Å². The monoisotopic (exact) mass is 321 g/mol. The second kappa shape index (κ2) is 5.62. The number of nitrogens with zero attached hydrogens (tertiary/aromatic N) is 1. The van der Waals surface area contributed by atoms with Crippen molar-refractivity contribution in [2.45, 2.75) is 19.1 Å². The van der Waals surface area contributed by atoms with Crippen molar-refractivity contribution in [2.24, 2.45) is 0 Å². The quantitative estimate of drug-likeness (QED) is 0.781. The van der Waals surface area contributed by atoms with Crippen molar-refractivity contribution < 1.29 is 14.7 Å². The zero-order valence-corrected chi connectivity index (χ0v) is 12.7. The molecule has 0 spiro atoms. The smallest absolute Gasteiger partial charge is 0.319 e. The number of carbonyl (C=O) groups excluding carboxylic acids is 2. The molecule has 7 heteroatoms. The van der Waals surface area contributed by atoms with Gasteiger partial charge < -0.3 is 20.6 Å². The summed E-state index contributed by atoms with van der Waals surface area (Å²) in [5.74, 6) is -0.177. The summed E-state index contributed by atoms with van der Waals surface area (Å²) < 4.78 is 0. The molecule has 0 saturated carbocycles. The van der Waals surface area contributed by atoms with Crippen molar-refractivity contribution in [1.82, 2.24) is 15.5 Å². The van der Waals surface area contributed by atoms with Gasteiger partial charge in [0.1, 0.15) is 0 Å². The van der Waals surface area contributed by atoms with Gasteiger partial charge in [-0.05, 0) is 24.6 Å². The molecule has 0 bridgehead atoms. The summed E-state index contributed by atoms with van der Waals surface area (Å²) in [6.45, 7) is 2.16. The molecule has 2 heterocycles. The van der Waals surface area contributed by atoms with Crippen molar-refractivity contribution in [1.29, 1.82) is 0 Å². The zero-order chi connectivity index (χ0) is 15.9. The van der Waals surface area contributed by atoms with Crippen molar-refractivity contribution in [3.8, 4) is 0 Å². The fraction of sp³-hybridized carbons (Fsp3) is 0.333. The topological polar surface area (TPSA) is 81.7 Å². The Kier molecular flexibility index (Phi) is 3.80. The maximum Gasteiger partial charge on any atom is 0.319 e. The average Bonchev–Trinajstić information content (AvgIpc) is 2.74. The number of aliphatic hydroxyl groups excluding tert-OH is 1. The Labute approximate surface area is 132 Å². The van der Waals surface area contributed by atoms with Crippen LogP contribution in [0, 0.1) is 0 Å². The highest BCUT2D eigenvalue weighted by Gasteiger charge is 2.40. The average molecular weight is 322 g/mol. The molecule has 0 radical (unpaired) electrons. The molecule has 2 aliphatic heterocycles. The zero-order valence-electron chi connectivity index (χ0n) is 12.0. The third kappa shape index (κ3) is 2.67. The Morgan fingerprint density at radius 2 is 2.05 bits per heavy atom. The molecule has 0 unspecified atom stereocenters. The van der Waals surface area contributed by atoms with Crippen LogP contribution in [0.1, 0.15) is 18.5 Å². The molecule has 0 aromatic heterocycles. The first-order chi connectivity index (χ1) is 10.5. The van der Waals surface area contributed by atoms with E-state index in [1.165, 1.54) is 4.90 Å². The number of benzene rings is 1. The molecule has 1 aromatic carbocycles. The van der Waals surface area contributed by atoms with Crippen molar-refractivity contribution in [3.63, 3.8) is 0 Å². The summed E-state index contributed by atoms with van der Waals surface area (Å²) in [5, 5.41) is 15.5. The molecule has 0 aliphatic carbocycles. The van der Waals surface area contributed by atoms with Crippen LogP contribution in [-0.4, -0.2) is 41.1 Å². The van der Waals surface area contributed by atoms with E-state index in [1.54, 1.807) is 31.2 Å². The van der Waals surface area contributed by atoms with Crippen LogP contribution >= 0.6 is 11.6 Å². The molecular weight excluding hydrogens is 306 g/mol. The van der Waals surface area contributed by atoms with Gasteiger partial charge in [0.15, 0.2) is 0 Å². The van der Waals surface area contributed by atoms with Crippen molar-refractivity contribution in [3.05, 3.63) is 46.1 Å². The van der Waals surface area contributed by atoms with Crippen LogP contribution in [0.4, 0.5) is 4.79 Å². The van der Waals surface area contributed by atoms with E-state index in [-0.39, 0.29) is 18.5 Å². The Bertz CT molecular complexity index is 655.